The molecule has 8 heteroatoms. The van der Waals surface area contributed by atoms with E-state index in [4.69, 9.17) is 9.84 Å². The molecule has 110 valence electrons. The van der Waals surface area contributed by atoms with Gasteiger partial charge in [-0.25, -0.2) is 0 Å². The molecule has 1 aromatic carbocycles. The molecular weight excluding hydrogens is 268 g/mol. The Labute approximate surface area is 114 Å². The Hall–Kier alpha value is -1.74. The van der Waals surface area contributed by atoms with Gasteiger partial charge in [0.15, 0.2) is 6.23 Å². The number of nitro groups is 1. The number of aliphatic hydroxyl groups is 3. The van der Waals surface area contributed by atoms with Gasteiger partial charge in [0.1, 0.15) is 18.3 Å². The molecule has 4 N–H and O–H groups in total. The summed E-state index contributed by atoms with van der Waals surface area (Å²) in [6.07, 6.45) is -4.27. The van der Waals surface area contributed by atoms with Gasteiger partial charge in [-0.3, -0.25) is 10.1 Å². The van der Waals surface area contributed by atoms with Crippen LogP contribution in [0.3, 0.4) is 0 Å². The summed E-state index contributed by atoms with van der Waals surface area (Å²) in [4.78, 5) is 10.2. The summed E-state index contributed by atoms with van der Waals surface area (Å²) >= 11 is 0. The largest absolute Gasteiger partial charge is 0.394 e. The molecule has 0 bridgehead atoms. The Morgan fingerprint density at radius 1 is 1.40 bits per heavy atom. The minimum Gasteiger partial charge on any atom is -0.394 e. The average Bonchev–Trinajstić information content (AvgIpc) is 2.68. The molecule has 1 aromatic rings. The minimum absolute atomic E-state index is 0.0927. The highest BCUT2D eigenvalue weighted by molar-refractivity contribution is 5.57. The Balaban J connectivity index is 2.18. The maximum Gasteiger partial charge on any atom is 0.271 e. The quantitative estimate of drug-likeness (QED) is 0.444. The highest BCUT2D eigenvalue weighted by atomic mass is 16.6. The molecule has 1 fully saturated rings. The predicted octanol–water partition coefficient (Wildman–Crippen LogP) is -0.246. The van der Waals surface area contributed by atoms with E-state index in [2.05, 4.69) is 5.32 Å². The molecule has 8 nitrogen and oxygen atoms in total. The molecule has 0 radical (unpaired) electrons. The van der Waals surface area contributed by atoms with E-state index >= 15 is 0 Å². The van der Waals surface area contributed by atoms with E-state index in [-0.39, 0.29) is 5.69 Å². The van der Waals surface area contributed by atoms with Gasteiger partial charge in [-0.1, -0.05) is 6.07 Å². The molecule has 0 unspecified atom stereocenters. The normalized spacial score (nSPS) is 29.4. The smallest absolute Gasteiger partial charge is 0.271 e. The van der Waals surface area contributed by atoms with Crippen molar-refractivity contribution in [3.8, 4) is 0 Å². The monoisotopic (exact) mass is 284 g/mol. The topological polar surface area (TPSA) is 125 Å². The lowest BCUT2D eigenvalue weighted by molar-refractivity contribution is -0.384. The van der Waals surface area contributed by atoms with Crippen LogP contribution in [-0.2, 0) is 4.74 Å². The number of benzene rings is 1. The second kappa shape index (κ2) is 5.71. The highest BCUT2D eigenvalue weighted by Crippen LogP contribution is 2.27. The summed E-state index contributed by atoms with van der Waals surface area (Å²) in [5.74, 6) is 0. The van der Waals surface area contributed by atoms with Crippen molar-refractivity contribution in [1.29, 1.82) is 0 Å². The molecule has 1 aliphatic heterocycles. The van der Waals surface area contributed by atoms with Gasteiger partial charge in [0.2, 0.25) is 0 Å². The summed E-state index contributed by atoms with van der Waals surface area (Å²) in [5, 5.41) is 42.0. The maximum atomic E-state index is 10.7. The van der Waals surface area contributed by atoms with E-state index in [1.54, 1.807) is 13.0 Å². The average molecular weight is 284 g/mol. The number of nitro benzene ring substituents is 1. The van der Waals surface area contributed by atoms with Crippen LogP contribution in [0.4, 0.5) is 11.4 Å². The van der Waals surface area contributed by atoms with Gasteiger partial charge in [-0.05, 0) is 12.5 Å². The molecule has 4 atom stereocenters. The molecule has 0 saturated carbocycles. The first-order valence-corrected chi connectivity index (χ1v) is 6.08. The number of aryl methyl sites for hydroxylation is 1. The van der Waals surface area contributed by atoms with Crippen molar-refractivity contribution >= 4 is 11.4 Å². The van der Waals surface area contributed by atoms with E-state index in [1.165, 1.54) is 12.1 Å². The molecule has 1 heterocycles. The number of rotatable bonds is 4. The predicted molar refractivity (Wildman–Crippen MR) is 69.2 cm³/mol. The lowest BCUT2D eigenvalue weighted by Crippen LogP contribution is -2.36. The van der Waals surface area contributed by atoms with Crippen LogP contribution in [0.2, 0.25) is 0 Å². The number of ether oxygens (including phenoxy) is 1. The Bertz CT molecular complexity index is 509. The van der Waals surface area contributed by atoms with Crippen LogP contribution in [0.5, 0.6) is 0 Å². The molecule has 0 amide bonds. The Morgan fingerprint density at radius 3 is 2.65 bits per heavy atom. The van der Waals surface area contributed by atoms with Crippen molar-refractivity contribution in [3.05, 3.63) is 33.9 Å². The van der Waals surface area contributed by atoms with Crippen molar-refractivity contribution in [2.24, 2.45) is 0 Å². The molecule has 2 rings (SSSR count). The summed E-state index contributed by atoms with van der Waals surface area (Å²) in [6.45, 7) is 1.32. The molecule has 0 spiro atoms. The second-order valence-corrected chi connectivity index (χ2v) is 4.66. The first kappa shape index (κ1) is 14.7. The van der Waals surface area contributed by atoms with Crippen LogP contribution in [0.15, 0.2) is 18.2 Å². The fourth-order valence-corrected chi connectivity index (χ4v) is 2.05. The number of nitrogens with one attached hydrogen (secondary N) is 1. The summed E-state index contributed by atoms with van der Waals surface area (Å²) in [6, 6.07) is 4.27. The molecular formula is C12H16N2O6. The zero-order valence-corrected chi connectivity index (χ0v) is 10.8. The molecule has 0 aliphatic carbocycles. The van der Waals surface area contributed by atoms with E-state index < -0.39 is 36.1 Å². The van der Waals surface area contributed by atoms with Gasteiger partial charge in [0.05, 0.1) is 11.5 Å². The SMILES string of the molecule is Cc1ccc([N+](=O)[O-])cc1N[C@H]1O[C@@H](CO)[C@@H](O)[C@H]1O. The van der Waals surface area contributed by atoms with Gasteiger partial charge in [0.25, 0.3) is 5.69 Å². The van der Waals surface area contributed by atoms with Gasteiger partial charge in [0, 0.05) is 17.8 Å². The van der Waals surface area contributed by atoms with Gasteiger partial charge >= 0.3 is 0 Å². The fraction of sp³-hybridized carbons (Fsp3) is 0.500. The van der Waals surface area contributed by atoms with Gasteiger partial charge in [-0.2, -0.15) is 0 Å². The molecule has 0 aromatic heterocycles. The number of hydrogen-bond donors (Lipinski definition) is 4. The van der Waals surface area contributed by atoms with Crippen LogP contribution in [-0.4, -0.2) is 51.4 Å². The highest BCUT2D eigenvalue weighted by Gasteiger charge is 2.42. The second-order valence-electron chi connectivity index (χ2n) is 4.66. The lowest BCUT2D eigenvalue weighted by atomic mass is 10.1. The number of non-ortho nitro benzene ring substituents is 1. The summed E-state index contributed by atoms with van der Waals surface area (Å²) in [5.41, 5.74) is 1.06. The van der Waals surface area contributed by atoms with Gasteiger partial charge < -0.3 is 25.4 Å². The first-order chi connectivity index (χ1) is 9.43. The Morgan fingerprint density at radius 2 is 2.10 bits per heavy atom. The summed E-state index contributed by atoms with van der Waals surface area (Å²) < 4.78 is 5.26. The van der Waals surface area contributed by atoms with Crippen LogP contribution < -0.4 is 5.32 Å². The first-order valence-electron chi connectivity index (χ1n) is 6.08. The zero-order chi connectivity index (χ0) is 14.9. The lowest BCUT2D eigenvalue weighted by Gasteiger charge is -2.19. The summed E-state index contributed by atoms with van der Waals surface area (Å²) in [7, 11) is 0. The third kappa shape index (κ3) is 2.73. The van der Waals surface area contributed by atoms with Crippen LogP contribution in [0.25, 0.3) is 0 Å². The fourth-order valence-electron chi connectivity index (χ4n) is 2.05. The Kier molecular flexibility index (Phi) is 4.19. The third-order valence-corrected chi connectivity index (χ3v) is 3.27. The van der Waals surface area contributed by atoms with E-state index in [9.17, 15) is 20.3 Å². The van der Waals surface area contributed by atoms with E-state index in [1.807, 2.05) is 0 Å². The van der Waals surface area contributed by atoms with Crippen molar-refractivity contribution in [3.63, 3.8) is 0 Å². The molecule has 1 saturated heterocycles. The minimum atomic E-state index is -1.23. The molecule has 20 heavy (non-hydrogen) atoms. The van der Waals surface area contributed by atoms with Gasteiger partial charge in [-0.15, -0.1) is 0 Å². The number of nitrogens with zero attached hydrogens (tertiary/aromatic N) is 1. The third-order valence-electron chi connectivity index (χ3n) is 3.27. The van der Waals surface area contributed by atoms with E-state index in [0.29, 0.717) is 5.69 Å². The number of anilines is 1. The standard InChI is InChI=1S/C12H16N2O6/c1-6-2-3-7(14(18)19)4-8(6)13-12-11(17)10(16)9(5-15)20-12/h2-4,9-13,15-17H,5H2,1H3/t9-,10+,11+,12-/m0/s1. The number of hydrogen-bond acceptors (Lipinski definition) is 7. The molecule has 1 aliphatic rings. The van der Waals surface area contributed by atoms with Crippen LogP contribution in [0.1, 0.15) is 5.56 Å². The van der Waals surface area contributed by atoms with Crippen LogP contribution >= 0.6 is 0 Å². The van der Waals surface area contributed by atoms with Crippen molar-refractivity contribution in [1.82, 2.24) is 0 Å². The van der Waals surface area contributed by atoms with Crippen LogP contribution in [0, 0.1) is 17.0 Å². The number of aliphatic hydroxyl groups excluding tert-OH is 3. The van der Waals surface area contributed by atoms with Crippen molar-refractivity contribution in [2.45, 2.75) is 31.5 Å². The zero-order valence-electron chi connectivity index (χ0n) is 10.8. The maximum absolute atomic E-state index is 10.7. The van der Waals surface area contributed by atoms with Crippen molar-refractivity contribution in [2.75, 3.05) is 11.9 Å². The van der Waals surface area contributed by atoms with E-state index in [0.717, 1.165) is 5.56 Å². The van der Waals surface area contributed by atoms with Crippen molar-refractivity contribution < 1.29 is 25.0 Å².